The van der Waals surface area contributed by atoms with E-state index in [-0.39, 0.29) is 0 Å². The number of thiazole rings is 1. The maximum absolute atomic E-state index is 5.17. The van der Waals surface area contributed by atoms with Crippen molar-refractivity contribution < 1.29 is 4.74 Å². The summed E-state index contributed by atoms with van der Waals surface area (Å²) in [5, 5.41) is 6.45. The number of nitrogens with zero attached hydrogens (tertiary/aromatic N) is 2. The van der Waals surface area contributed by atoms with Crippen molar-refractivity contribution in [1.29, 1.82) is 0 Å². The number of aromatic nitrogens is 1. The number of methoxy groups -OCH3 is 1. The minimum absolute atomic E-state index is 0.837. The predicted molar refractivity (Wildman–Crippen MR) is 84.6 cm³/mol. The summed E-state index contributed by atoms with van der Waals surface area (Å²) >= 11 is 1.69. The number of benzene rings is 1. The first-order valence-electron chi connectivity index (χ1n) is 6.72. The van der Waals surface area contributed by atoms with Gasteiger partial charge < -0.3 is 15.0 Å². The minimum atomic E-state index is 0.837. The molecule has 0 aliphatic carbocycles. The Hall–Kier alpha value is -1.59. The van der Waals surface area contributed by atoms with Gasteiger partial charge in [-0.1, -0.05) is 19.1 Å². The van der Waals surface area contributed by atoms with Gasteiger partial charge in [-0.3, -0.25) is 0 Å². The van der Waals surface area contributed by atoms with Crippen molar-refractivity contribution in [3.8, 4) is 5.75 Å². The molecule has 0 saturated heterocycles. The highest BCUT2D eigenvalue weighted by atomic mass is 32.1. The second kappa shape index (κ2) is 7.26. The van der Waals surface area contributed by atoms with Gasteiger partial charge in [0.2, 0.25) is 0 Å². The van der Waals surface area contributed by atoms with Gasteiger partial charge in [0.25, 0.3) is 0 Å². The summed E-state index contributed by atoms with van der Waals surface area (Å²) < 4.78 is 5.17. The van der Waals surface area contributed by atoms with E-state index in [1.165, 1.54) is 5.56 Å². The zero-order valence-electron chi connectivity index (χ0n) is 12.2. The maximum Gasteiger partial charge on any atom is 0.185 e. The van der Waals surface area contributed by atoms with E-state index in [9.17, 15) is 0 Å². The topological polar surface area (TPSA) is 37.4 Å². The van der Waals surface area contributed by atoms with Gasteiger partial charge in [-0.25, -0.2) is 4.98 Å². The van der Waals surface area contributed by atoms with Crippen molar-refractivity contribution in [1.82, 2.24) is 10.3 Å². The Bertz CT molecular complexity index is 524. The van der Waals surface area contributed by atoms with Crippen LogP contribution in [0.2, 0.25) is 0 Å². The van der Waals surface area contributed by atoms with Gasteiger partial charge in [0.15, 0.2) is 5.13 Å². The van der Waals surface area contributed by atoms with Crippen LogP contribution >= 0.6 is 11.3 Å². The zero-order valence-corrected chi connectivity index (χ0v) is 13.0. The van der Waals surface area contributed by atoms with E-state index in [0.29, 0.717) is 0 Å². The summed E-state index contributed by atoms with van der Waals surface area (Å²) in [6, 6.07) is 8.15. The van der Waals surface area contributed by atoms with Crippen molar-refractivity contribution in [2.24, 2.45) is 0 Å². The Kier molecular flexibility index (Phi) is 5.38. The molecule has 20 heavy (non-hydrogen) atoms. The predicted octanol–water partition coefficient (Wildman–Crippen LogP) is 2.90. The Morgan fingerprint density at radius 3 is 2.70 bits per heavy atom. The molecule has 0 spiro atoms. The fourth-order valence-electron chi connectivity index (χ4n) is 1.88. The van der Waals surface area contributed by atoms with Crippen molar-refractivity contribution in [2.45, 2.75) is 20.0 Å². The lowest BCUT2D eigenvalue weighted by atomic mass is 10.2. The molecule has 0 aliphatic rings. The van der Waals surface area contributed by atoms with Crippen LogP contribution in [0.1, 0.15) is 18.2 Å². The van der Waals surface area contributed by atoms with E-state index in [2.05, 4.69) is 46.7 Å². The lowest BCUT2D eigenvalue weighted by Crippen LogP contribution is -2.17. The van der Waals surface area contributed by atoms with Gasteiger partial charge in [0, 0.05) is 25.5 Å². The summed E-state index contributed by atoms with van der Waals surface area (Å²) in [5.41, 5.74) is 2.35. The Labute approximate surface area is 124 Å². The first-order valence-corrected chi connectivity index (χ1v) is 7.60. The molecule has 0 atom stereocenters. The molecule has 0 radical (unpaired) electrons. The summed E-state index contributed by atoms with van der Waals surface area (Å²) in [6.07, 6.45) is 0. The molecular weight excluding hydrogens is 270 g/mol. The van der Waals surface area contributed by atoms with E-state index in [1.807, 2.05) is 12.1 Å². The largest absolute Gasteiger partial charge is 0.497 e. The Morgan fingerprint density at radius 2 is 2.05 bits per heavy atom. The van der Waals surface area contributed by atoms with Crippen LogP contribution < -0.4 is 15.0 Å². The summed E-state index contributed by atoms with van der Waals surface area (Å²) in [4.78, 5) is 6.80. The van der Waals surface area contributed by atoms with Gasteiger partial charge in [-0.2, -0.15) is 0 Å². The molecule has 1 aromatic heterocycles. The quantitative estimate of drug-likeness (QED) is 0.851. The van der Waals surface area contributed by atoms with Crippen molar-refractivity contribution >= 4 is 16.5 Å². The fourth-order valence-corrected chi connectivity index (χ4v) is 2.67. The lowest BCUT2D eigenvalue weighted by Gasteiger charge is -2.15. The minimum Gasteiger partial charge on any atom is -0.497 e. The molecule has 0 fully saturated rings. The average Bonchev–Trinajstić information content (AvgIpc) is 2.95. The van der Waals surface area contributed by atoms with E-state index in [1.54, 1.807) is 18.4 Å². The fraction of sp³-hybridized carbons (Fsp3) is 0.400. The van der Waals surface area contributed by atoms with Crippen LogP contribution in [0.3, 0.4) is 0 Å². The number of rotatable bonds is 7. The molecule has 5 heteroatoms. The zero-order chi connectivity index (χ0) is 14.4. The van der Waals surface area contributed by atoms with Gasteiger partial charge in [-0.15, -0.1) is 11.3 Å². The van der Waals surface area contributed by atoms with E-state index in [0.717, 1.165) is 36.2 Å². The third-order valence-corrected chi connectivity index (χ3v) is 4.00. The Balaban J connectivity index is 1.96. The van der Waals surface area contributed by atoms with Crippen LogP contribution in [0.5, 0.6) is 5.75 Å². The third kappa shape index (κ3) is 3.95. The number of nitrogens with one attached hydrogen (secondary N) is 1. The molecule has 0 unspecified atom stereocenters. The first kappa shape index (κ1) is 14.8. The van der Waals surface area contributed by atoms with Gasteiger partial charge >= 0.3 is 0 Å². The van der Waals surface area contributed by atoms with Crippen LogP contribution in [-0.2, 0) is 13.1 Å². The molecule has 108 valence electrons. The first-order chi connectivity index (χ1) is 9.72. The number of hydrogen-bond acceptors (Lipinski definition) is 5. The van der Waals surface area contributed by atoms with Gasteiger partial charge in [0.05, 0.1) is 12.8 Å². The summed E-state index contributed by atoms with van der Waals surface area (Å²) in [6.45, 7) is 4.75. The van der Waals surface area contributed by atoms with Gasteiger partial charge in [-0.05, 0) is 24.2 Å². The SMILES string of the molecule is CCNCc1csc(N(C)Cc2ccc(OC)cc2)n1. The summed E-state index contributed by atoms with van der Waals surface area (Å²) in [5.74, 6) is 0.888. The molecule has 0 bridgehead atoms. The van der Waals surface area contributed by atoms with Gasteiger partial charge in [0.1, 0.15) is 5.75 Å². The normalized spacial score (nSPS) is 10.6. The van der Waals surface area contributed by atoms with E-state index < -0.39 is 0 Å². The molecule has 1 heterocycles. The highest BCUT2D eigenvalue weighted by Crippen LogP contribution is 2.21. The van der Waals surface area contributed by atoms with Crippen LogP contribution in [0, 0.1) is 0 Å². The van der Waals surface area contributed by atoms with Crippen LogP contribution in [-0.4, -0.2) is 25.7 Å². The summed E-state index contributed by atoms with van der Waals surface area (Å²) in [7, 11) is 3.75. The molecule has 2 rings (SSSR count). The number of ether oxygens (including phenoxy) is 1. The average molecular weight is 291 g/mol. The van der Waals surface area contributed by atoms with Crippen molar-refractivity contribution in [3.63, 3.8) is 0 Å². The Morgan fingerprint density at radius 1 is 1.30 bits per heavy atom. The molecule has 0 saturated carbocycles. The lowest BCUT2D eigenvalue weighted by molar-refractivity contribution is 0.414. The van der Waals surface area contributed by atoms with Crippen molar-refractivity contribution in [3.05, 3.63) is 40.9 Å². The second-order valence-electron chi connectivity index (χ2n) is 4.61. The monoisotopic (exact) mass is 291 g/mol. The highest BCUT2D eigenvalue weighted by Gasteiger charge is 2.07. The number of hydrogen-bond donors (Lipinski definition) is 1. The molecule has 1 aromatic carbocycles. The maximum atomic E-state index is 5.17. The number of anilines is 1. The molecule has 0 aliphatic heterocycles. The van der Waals surface area contributed by atoms with Crippen LogP contribution in [0.4, 0.5) is 5.13 Å². The second-order valence-corrected chi connectivity index (χ2v) is 5.44. The molecular formula is C15H21N3OS. The van der Waals surface area contributed by atoms with Crippen molar-refractivity contribution in [2.75, 3.05) is 25.6 Å². The third-order valence-electron chi connectivity index (χ3n) is 3.00. The molecule has 1 N–H and O–H groups in total. The van der Waals surface area contributed by atoms with Crippen LogP contribution in [0.15, 0.2) is 29.6 Å². The van der Waals surface area contributed by atoms with Crippen LogP contribution in [0.25, 0.3) is 0 Å². The smallest absolute Gasteiger partial charge is 0.185 e. The van der Waals surface area contributed by atoms with E-state index >= 15 is 0 Å². The standard InChI is InChI=1S/C15H21N3OS/c1-4-16-9-13-11-20-15(17-13)18(2)10-12-5-7-14(19-3)8-6-12/h5-8,11,16H,4,9-10H2,1-3H3. The molecule has 4 nitrogen and oxygen atoms in total. The highest BCUT2D eigenvalue weighted by molar-refractivity contribution is 7.13. The van der Waals surface area contributed by atoms with E-state index in [4.69, 9.17) is 4.74 Å². The molecule has 2 aromatic rings. The molecule has 0 amide bonds.